The molecule has 0 N–H and O–H groups in total. The van der Waals surface area contributed by atoms with Gasteiger partial charge < -0.3 is 4.90 Å². The molecule has 23 heavy (non-hydrogen) atoms. The number of likely N-dealkylation sites (tertiary alicyclic amines) is 1. The molecule has 2 saturated heterocycles. The van der Waals surface area contributed by atoms with Gasteiger partial charge in [0.1, 0.15) is 11.6 Å². The summed E-state index contributed by atoms with van der Waals surface area (Å²) in [6.45, 7) is 5.30. The maximum atomic E-state index is 13.5. The van der Waals surface area contributed by atoms with E-state index in [2.05, 4.69) is 11.8 Å². The van der Waals surface area contributed by atoms with Crippen LogP contribution in [0.5, 0.6) is 0 Å². The number of hydrogen-bond donors (Lipinski definition) is 0. The van der Waals surface area contributed by atoms with Crippen molar-refractivity contribution in [2.45, 2.75) is 32.2 Å². The second kappa shape index (κ2) is 6.93. The fourth-order valence-electron chi connectivity index (χ4n) is 3.43. The highest BCUT2D eigenvalue weighted by molar-refractivity contribution is 5.78. The zero-order valence-electron chi connectivity index (χ0n) is 13.3. The maximum absolute atomic E-state index is 13.5. The lowest BCUT2D eigenvalue weighted by molar-refractivity contribution is -0.183. The van der Waals surface area contributed by atoms with Crippen molar-refractivity contribution in [1.82, 2.24) is 9.96 Å². The van der Waals surface area contributed by atoms with Crippen molar-refractivity contribution >= 4 is 5.91 Å². The van der Waals surface area contributed by atoms with Gasteiger partial charge in [0.15, 0.2) is 0 Å². The van der Waals surface area contributed by atoms with Crippen LogP contribution in [0.4, 0.5) is 8.78 Å². The highest BCUT2D eigenvalue weighted by Crippen LogP contribution is 2.34. The smallest absolute Gasteiger partial charge is 0.249 e. The third-order valence-corrected chi connectivity index (χ3v) is 4.78. The summed E-state index contributed by atoms with van der Waals surface area (Å²) >= 11 is 0. The Morgan fingerprint density at radius 1 is 1.17 bits per heavy atom. The van der Waals surface area contributed by atoms with E-state index in [4.69, 9.17) is 4.84 Å². The van der Waals surface area contributed by atoms with Crippen LogP contribution in [-0.4, -0.2) is 42.1 Å². The first kappa shape index (κ1) is 16.3. The second-order valence-corrected chi connectivity index (χ2v) is 6.21. The molecule has 0 unspecified atom stereocenters. The molecule has 2 aliphatic rings. The normalized spacial score (nSPS) is 23.4. The van der Waals surface area contributed by atoms with Gasteiger partial charge in [-0.2, -0.15) is 0 Å². The van der Waals surface area contributed by atoms with Gasteiger partial charge in [-0.1, -0.05) is 6.92 Å². The van der Waals surface area contributed by atoms with Gasteiger partial charge in [-0.25, -0.2) is 13.8 Å². The van der Waals surface area contributed by atoms with Crippen molar-refractivity contribution in [3.8, 4) is 0 Å². The highest BCUT2D eigenvalue weighted by Gasteiger charge is 2.37. The summed E-state index contributed by atoms with van der Waals surface area (Å²) in [6.07, 6.45) is 2.16. The Balaban J connectivity index is 1.72. The number of benzene rings is 1. The molecule has 1 aromatic carbocycles. The van der Waals surface area contributed by atoms with Crippen LogP contribution in [0.3, 0.4) is 0 Å². The van der Waals surface area contributed by atoms with E-state index < -0.39 is 17.7 Å². The van der Waals surface area contributed by atoms with Crippen LogP contribution in [0, 0.1) is 17.6 Å². The molecule has 4 nitrogen and oxygen atoms in total. The van der Waals surface area contributed by atoms with E-state index in [1.807, 2.05) is 0 Å². The summed E-state index contributed by atoms with van der Waals surface area (Å²) in [5.74, 6) is -1.39. The van der Waals surface area contributed by atoms with E-state index in [0.717, 1.165) is 38.5 Å². The fraction of sp³-hybridized carbons (Fsp3) is 0.588. The number of piperidine rings is 1. The maximum Gasteiger partial charge on any atom is 0.249 e. The van der Waals surface area contributed by atoms with E-state index in [0.29, 0.717) is 18.6 Å². The van der Waals surface area contributed by atoms with Crippen molar-refractivity contribution in [1.29, 1.82) is 0 Å². The minimum atomic E-state index is -0.629. The van der Waals surface area contributed by atoms with Crippen LogP contribution in [0.15, 0.2) is 18.2 Å². The number of hydroxylamine groups is 2. The van der Waals surface area contributed by atoms with Gasteiger partial charge in [0.05, 0.1) is 12.6 Å². The molecule has 0 radical (unpaired) electrons. The number of carbonyl (C=O) groups excluding carboxylic acids is 1. The lowest BCUT2D eigenvalue weighted by Gasteiger charge is -2.33. The van der Waals surface area contributed by atoms with E-state index >= 15 is 0 Å². The van der Waals surface area contributed by atoms with E-state index in [1.54, 1.807) is 0 Å². The van der Waals surface area contributed by atoms with Crippen molar-refractivity contribution in [3.05, 3.63) is 35.4 Å². The van der Waals surface area contributed by atoms with Crippen LogP contribution >= 0.6 is 0 Å². The third-order valence-electron chi connectivity index (χ3n) is 4.78. The molecular formula is C17H22F2N2O2. The molecule has 3 rings (SSSR count). The van der Waals surface area contributed by atoms with Crippen LogP contribution in [0.25, 0.3) is 0 Å². The first-order valence-corrected chi connectivity index (χ1v) is 8.23. The molecule has 1 amide bonds. The van der Waals surface area contributed by atoms with Gasteiger partial charge in [0.2, 0.25) is 5.91 Å². The number of nitrogens with zero attached hydrogens (tertiary/aromatic N) is 2. The first-order valence-electron chi connectivity index (χ1n) is 8.23. The van der Waals surface area contributed by atoms with Gasteiger partial charge in [-0.05, 0) is 50.2 Å². The summed E-state index contributed by atoms with van der Waals surface area (Å²) in [5.41, 5.74) is 0.458. The predicted molar refractivity (Wildman–Crippen MR) is 81.4 cm³/mol. The zero-order valence-corrected chi connectivity index (χ0v) is 13.3. The molecule has 0 saturated carbocycles. The lowest BCUT2D eigenvalue weighted by Crippen LogP contribution is -2.41. The molecule has 1 atom stereocenters. The summed E-state index contributed by atoms with van der Waals surface area (Å²) in [6, 6.07) is 2.99. The zero-order chi connectivity index (χ0) is 16.4. The first-order chi connectivity index (χ1) is 11.1. The van der Waals surface area contributed by atoms with Crippen LogP contribution in [0.1, 0.15) is 37.8 Å². The van der Waals surface area contributed by atoms with Gasteiger partial charge >= 0.3 is 0 Å². The Morgan fingerprint density at radius 2 is 1.83 bits per heavy atom. The Morgan fingerprint density at radius 3 is 2.43 bits per heavy atom. The summed E-state index contributed by atoms with van der Waals surface area (Å²) in [7, 11) is 0. The second-order valence-electron chi connectivity index (χ2n) is 6.21. The number of amides is 1. The van der Waals surface area contributed by atoms with Gasteiger partial charge in [0, 0.05) is 18.4 Å². The van der Waals surface area contributed by atoms with Crippen LogP contribution in [-0.2, 0) is 9.63 Å². The van der Waals surface area contributed by atoms with Gasteiger partial charge in [-0.3, -0.25) is 9.63 Å². The lowest BCUT2D eigenvalue weighted by atomic mass is 9.94. The standard InChI is InChI=1S/C17H22F2N2O2/c1-2-20-6-3-12(4-7-20)17(22)21-16(5-8-23-21)13-9-14(18)11-15(19)10-13/h9-12,16H,2-8H2,1H3/t16-/m0/s1. The molecule has 1 aromatic rings. The Hall–Kier alpha value is -1.53. The number of rotatable bonds is 3. The summed E-state index contributed by atoms with van der Waals surface area (Å²) < 4.78 is 26.9. The molecule has 2 heterocycles. The topological polar surface area (TPSA) is 32.8 Å². The third kappa shape index (κ3) is 3.53. The van der Waals surface area contributed by atoms with Gasteiger partial charge in [0.25, 0.3) is 0 Å². The minimum absolute atomic E-state index is 0.0621. The van der Waals surface area contributed by atoms with E-state index in [-0.39, 0.29) is 11.8 Å². The SMILES string of the molecule is CCN1CCC(C(=O)N2OCC[C@H]2c2cc(F)cc(F)c2)CC1. The Bertz CT molecular complexity index is 553. The van der Waals surface area contributed by atoms with E-state index in [1.165, 1.54) is 17.2 Å². The Kier molecular flexibility index (Phi) is 4.92. The number of carbonyl (C=O) groups is 1. The molecule has 2 fully saturated rings. The molecular weight excluding hydrogens is 302 g/mol. The molecule has 0 bridgehead atoms. The molecule has 126 valence electrons. The van der Waals surface area contributed by atoms with Crippen molar-refractivity contribution in [2.75, 3.05) is 26.2 Å². The predicted octanol–water partition coefficient (Wildman–Crippen LogP) is 2.90. The molecule has 0 spiro atoms. The number of hydrogen-bond acceptors (Lipinski definition) is 3. The molecule has 2 aliphatic heterocycles. The fourth-order valence-corrected chi connectivity index (χ4v) is 3.43. The van der Waals surface area contributed by atoms with Gasteiger partial charge in [-0.15, -0.1) is 0 Å². The van der Waals surface area contributed by atoms with Crippen LogP contribution in [0.2, 0.25) is 0 Å². The van der Waals surface area contributed by atoms with E-state index in [9.17, 15) is 13.6 Å². The highest BCUT2D eigenvalue weighted by atomic mass is 19.1. The molecule has 6 heteroatoms. The quantitative estimate of drug-likeness (QED) is 0.857. The Labute approximate surface area is 135 Å². The largest absolute Gasteiger partial charge is 0.304 e. The number of halogens is 2. The molecule has 0 aliphatic carbocycles. The monoisotopic (exact) mass is 324 g/mol. The molecule has 0 aromatic heterocycles. The average Bonchev–Trinajstić information content (AvgIpc) is 3.03. The summed E-state index contributed by atoms with van der Waals surface area (Å²) in [4.78, 5) is 20.6. The van der Waals surface area contributed by atoms with Crippen molar-refractivity contribution < 1.29 is 18.4 Å². The van der Waals surface area contributed by atoms with Crippen LogP contribution < -0.4 is 0 Å². The summed E-state index contributed by atoms with van der Waals surface area (Å²) in [5, 5.41) is 1.35. The minimum Gasteiger partial charge on any atom is -0.304 e. The average molecular weight is 324 g/mol. The van der Waals surface area contributed by atoms with Crippen molar-refractivity contribution in [2.24, 2.45) is 5.92 Å². The van der Waals surface area contributed by atoms with Crippen molar-refractivity contribution in [3.63, 3.8) is 0 Å².